The SMILES string of the molecule is O=C(C[C@H]1C=CCC1)N[C@H]1CCN(C(=O)CCc2ccccc2)C1. The predicted octanol–water partition coefficient (Wildman–Crippen LogP) is 2.69. The van der Waals surface area contributed by atoms with Crippen LogP contribution in [-0.2, 0) is 16.0 Å². The van der Waals surface area contributed by atoms with Gasteiger partial charge in [0.15, 0.2) is 0 Å². The van der Waals surface area contributed by atoms with E-state index < -0.39 is 0 Å². The summed E-state index contributed by atoms with van der Waals surface area (Å²) in [5.74, 6) is 0.708. The zero-order chi connectivity index (χ0) is 16.8. The number of hydrogen-bond donors (Lipinski definition) is 1. The van der Waals surface area contributed by atoms with E-state index in [1.807, 2.05) is 23.1 Å². The summed E-state index contributed by atoms with van der Waals surface area (Å²) in [7, 11) is 0. The Labute approximate surface area is 143 Å². The minimum Gasteiger partial charge on any atom is -0.352 e. The highest BCUT2D eigenvalue weighted by molar-refractivity contribution is 5.78. The second-order valence-corrected chi connectivity index (χ2v) is 6.85. The molecule has 1 fully saturated rings. The maximum absolute atomic E-state index is 12.3. The molecule has 24 heavy (non-hydrogen) atoms. The number of likely N-dealkylation sites (tertiary alicyclic amines) is 1. The van der Waals surface area contributed by atoms with Crippen molar-refractivity contribution >= 4 is 11.8 Å². The van der Waals surface area contributed by atoms with Gasteiger partial charge in [-0.15, -0.1) is 0 Å². The fourth-order valence-corrected chi connectivity index (χ4v) is 3.55. The lowest BCUT2D eigenvalue weighted by Gasteiger charge is -2.18. The van der Waals surface area contributed by atoms with Crippen molar-refractivity contribution in [3.63, 3.8) is 0 Å². The lowest BCUT2D eigenvalue weighted by atomic mass is 10.0. The Kier molecular flexibility index (Phi) is 5.68. The summed E-state index contributed by atoms with van der Waals surface area (Å²) in [4.78, 5) is 26.3. The van der Waals surface area contributed by atoms with Gasteiger partial charge in [-0.25, -0.2) is 0 Å². The van der Waals surface area contributed by atoms with Gasteiger partial charge in [-0.2, -0.15) is 0 Å². The molecule has 0 bridgehead atoms. The highest BCUT2D eigenvalue weighted by Gasteiger charge is 2.27. The predicted molar refractivity (Wildman–Crippen MR) is 94.4 cm³/mol. The van der Waals surface area contributed by atoms with E-state index in [2.05, 4.69) is 29.6 Å². The monoisotopic (exact) mass is 326 g/mol. The Morgan fingerprint density at radius 3 is 2.75 bits per heavy atom. The van der Waals surface area contributed by atoms with E-state index in [1.165, 1.54) is 5.56 Å². The van der Waals surface area contributed by atoms with Crippen molar-refractivity contribution in [3.05, 3.63) is 48.0 Å². The van der Waals surface area contributed by atoms with Crippen LogP contribution in [0.2, 0.25) is 0 Å². The van der Waals surface area contributed by atoms with Crippen LogP contribution in [0, 0.1) is 5.92 Å². The normalized spacial score (nSPS) is 22.8. The first-order valence-corrected chi connectivity index (χ1v) is 8.98. The molecule has 0 spiro atoms. The molecular weight excluding hydrogens is 300 g/mol. The molecule has 3 rings (SSSR count). The van der Waals surface area contributed by atoms with Crippen LogP contribution >= 0.6 is 0 Å². The largest absolute Gasteiger partial charge is 0.352 e. The van der Waals surface area contributed by atoms with Crippen LogP contribution in [-0.4, -0.2) is 35.8 Å². The molecule has 0 aromatic heterocycles. The zero-order valence-electron chi connectivity index (χ0n) is 14.1. The summed E-state index contributed by atoms with van der Waals surface area (Å²) in [6.45, 7) is 1.40. The molecule has 2 amide bonds. The quantitative estimate of drug-likeness (QED) is 0.817. The first-order chi connectivity index (χ1) is 11.7. The molecule has 1 N–H and O–H groups in total. The molecule has 0 radical (unpaired) electrons. The number of nitrogens with zero attached hydrogens (tertiary/aromatic N) is 1. The van der Waals surface area contributed by atoms with Crippen molar-refractivity contribution in [3.8, 4) is 0 Å². The van der Waals surface area contributed by atoms with Crippen LogP contribution in [0.15, 0.2) is 42.5 Å². The van der Waals surface area contributed by atoms with Crippen LogP contribution < -0.4 is 5.32 Å². The van der Waals surface area contributed by atoms with Crippen LogP contribution in [0.3, 0.4) is 0 Å². The Morgan fingerprint density at radius 2 is 2.00 bits per heavy atom. The fraction of sp³-hybridized carbons (Fsp3) is 0.500. The summed E-state index contributed by atoms with van der Waals surface area (Å²) in [5.41, 5.74) is 1.19. The standard InChI is InChI=1S/C20H26N2O2/c23-19(14-17-8-4-5-9-17)21-18-12-13-22(15-18)20(24)11-10-16-6-2-1-3-7-16/h1-4,6-8,17-18H,5,9-15H2,(H,21,23)/t17-,18-/m0/s1. The number of aryl methyl sites for hydroxylation is 1. The van der Waals surface area contributed by atoms with E-state index >= 15 is 0 Å². The third-order valence-corrected chi connectivity index (χ3v) is 4.94. The summed E-state index contributed by atoms with van der Waals surface area (Å²) in [6, 6.07) is 10.2. The molecule has 0 saturated carbocycles. The molecule has 4 nitrogen and oxygen atoms in total. The third-order valence-electron chi connectivity index (χ3n) is 4.94. The zero-order valence-corrected chi connectivity index (χ0v) is 14.1. The smallest absolute Gasteiger partial charge is 0.222 e. The molecular formula is C20H26N2O2. The van der Waals surface area contributed by atoms with Crippen molar-refractivity contribution in [2.75, 3.05) is 13.1 Å². The van der Waals surface area contributed by atoms with Gasteiger partial charge < -0.3 is 10.2 Å². The molecule has 0 unspecified atom stereocenters. The van der Waals surface area contributed by atoms with E-state index in [1.54, 1.807) is 0 Å². The number of allylic oxidation sites excluding steroid dienone is 2. The summed E-state index contributed by atoms with van der Waals surface area (Å²) < 4.78 is 0. The van der Waals surface area contributed by atoms with Gasteiger partial charge in [-0.05, 0) is 37.2 Å². The molecule has 1 aromatic rings. The first kappa shape index (κ1) is 16.7. The molecule has 1 aromatic carbocycles. The summed E-state index contributed by atoms with van der Waals surface area (Å²) in [5, 5.41) is 3.10. The molecule has 1 aliphatic carbocycles. The molecule has 1 aliphatic heterocycles. The lowest BCUT2D eigenvalue weighted by molar-refractivity contribution is -0.130. The van der Waals surface area contributed by atoms with E-state index in [0.717, 1.165) is 32.2 Å². The minimum atomic E-state index is 0.114. The van der Waals surface area contributed by atoms with Gasteiger partial charge in [0.1, 0.15) is 0 Å². The van der Waals surface area contributed by atoms with Crippen LogP contribution in [0.1, 0.15) is 37.7 Å². The van der Waals surface area contributed by atoms with Crippen molar-refractivity contribution < 1.29 is 9.59 Å². The molecule has 128 valence electrons. The molecule has 2 atom stereocenters. The highest BCUT2D eigenvalue weighted by atomic mass is 16.2. The number of rotatable bonds is 6. The summed E-state index contributed by atoms with van der Waals surface area (Å²) in [6.07, 6.45) is 9.23. The maximum Gasteiger partial charge on any atom is 0.222 e. The third kappa shape index (κ3) is 4.70. The average Bonchev–Trinajstić information content (AvgIpc) is 3.25. The topological polar surface area (TPSA) is 49.4 Å². The Morgan fingerprint density at radius 1 is 1.17 bits per heavy atom. The first-order valence-electron chi connectivity index (χ1n) is 8.98. The van der Waals surface area contributed by atoms with Gasteiger partial charge in [-0.3, -0.25) is 9.59 Å². The number of amides is 2. The highest BCUT2D eigenvalue weighted by Crippen LogP contribution is 2.20. The van der Waals surface area contributed by atoms with E-state index in [9.17, 15) is 9.59 Å². The number of carbonyl (C=O) groups excluding carboxylic acids is 2. The fourth-order valence-electron chi connectivity index (χ4n) is 3.55. The van der Waals surface area contributed by atoms with Gasteiger partial charge >= 0.3 is 0 Å². The number of benzene rings is 1. The van der Waals surface area contributed by atoms with Crippen LogP contribution in [0.25, 0.3) is 0 Å². The van der Waals surface area contributed by atoms with Gasteiger partial charge in [0.25, 0.3) is 0 Å². The molecule has 1 saturated heterocycles. The van der Waals surface area contributed by atoms with Crippen molar-refractivity contribution in [2.24, 2.45) is 5.92 Å². The number of carbonyl (C=O) groups is 2. The second-order valence-electron chi connectivity index (χ2n) is 6.85. The lowest BCUT2D eigenvalue weighted by Crippen LogP contribution is -2.39. The van der Waals surface area contributed by atoms with Gasteiger partial charge in [0.05, 0.1) is 0 Å². The van der Waals surface area contributed by atoms with Gasteiger partial charge in [0.2, 0.25) is 11.8 Å². The van der Waals surface area contributed by atoms with E-state index in [4.69, 9.17) is 0 Å². The Hall–Kier alpha value is -2.10. The van der Waals surface area contributed by atoms with Crippen LogP contribution in [0.4, 0.5) is 0 Å². The van der Waals surface area contributed by atoms with Gasteiger partial charge in [-0.1, -0.05) is 42.5 Å². The van der Waals surface area contributed by atoms with E-state index in [-0.39, 0.29) is 17.9 Å². The Bertz CT molecular complexity index is 597. The second kappa shape index (κ2) is 8.13. The average molecular weight is 326 g/mol. The number of hydrogen-bond acceptors (Lipinski definition) is 2. The Balaban J connectivity index is 1.38. The molecule has 4 heteroatoms. The van der Waals surface area contributed by atoms with E-state index in [0.29, 0.717) is 25.3 Å². The minimum absolute atomic E-state index is 0.114. The maximum atomic E-state index is 12.3. The van der Waals surface area contributed by atoms with Crippen molar-refractivity contribution in [2.45, 2.75) is 44.6 Å². The number of nitrogens with one attached hydrogen (secondary N) is 1. The molecule has 2 aliphatic rings. The van der Waals surface area contributed by atoms with Crippen LogP contribution in [0.5, 0.6) is 0 Å². The van der Waals surface area contributed by atoms with Crippen molar-refractivity contribution in [1.29, 1.82) is 0 Å². The summed E-state index contributed by atoms with van der Waals surface area (Å²) >= 11 is 0. The van der Waals surface area contributed by atoms with Crippen molar-refractivity contribution in [1.82, 2.24) is 10.2 Å². The van der Waals surface area contributed by atoms with Gasteiger partial charge in [0, 0.05) is 32.0 Å². The molecule has 1 heterocycles.